The lowest BCUT2D eigenvalue weighted by Crippen LogP contribution is -2.76. The molecule has 0 bridgehead atoms. The van der Waals surface area contributed by atoms with Gasteiger partial charge in [-0.25, -0.2) is 0 Å². The molecule has 4 nitrogen and oxygen atoms in total. The Morgan fingerprint density at radius 2 is 0.737 bits per heavy atom. The summed E-state index contributed by atoms with van der Waals surface area (Å²) in [5.74, 6) is 16.6. The summed E-state index contributed by atoms with van der Waals surface area (Å²) in [6, 6.07) is 10.3. The number of hydrogen-bond acceptors (Lipinski definition) is 5. The molecule has 18 rings (SSSR count). The Labute approximate surface area is 591 Å². The first-order chi connectivity index (χ1) is 46.0. The molecule has 14 aliphatic carbocycles. The third-order valence-electron chi connectivity index (χ3n) is 36.6. The van der Waals surface area contributed by atoms with Gasteiger partial charge >= 0.3 is 0 Å². The Balaban J connectivity index is 0.756. The van der Waals surface area contributed by atoms with Gasteiger partial charge in [-0.15, -0.1) is 0 Å². The Kier molecular flexibility index (Phi) is 18.9. The van der Waals surface area contributed by atoms with E-state index in [2.05, 4.69) is 93.7 Å². The van der Waals surface area contributed by atoms with Crippen molar-refractivity contribution in [3.05, 3.63) is 0 Å². The van der Waals surface area contributed by atoms with E-state index < -0.39 is 0 Å². The van der Waals surface area contributed by atoms with E-state index in [1.165, 1.54) is 180 Å². The average molecular weight is 1320 g/mol. The summed E-state index contributed by atoms with van der Waals surface area (Å²) in [5, 5.41) is 1.78. The molecule has 0 aromatic heterocycles. The Bertz CT molecular complexity index is 2580. The van der Waals surface area contributed by atoms with Crippen LogP contribution < -0.4 is 0 Å². The van der Waals surface area contributed by atoms with Gasteiger partial charge in [-0.05, 0) is 270 Å². The van der Waals surface area contributed by atoms with Crippen molar-refractivity contribution in [1.29, 1.82) is 0 Å². The minimum Gasteiger partial charge on any atom is -0.295 e. The van der Waals surface area contributed by atoms with Gasteiger partial charge in [0.15, 0.2) is 13.4 Å². The summed E-state index contributed by atoms with van der Waals surface area (Å²) in [6.45, 7) is 26.3. The Hall–Kier alpha value is 0.320. The largest absolute Gasteiger partial charge is 0.295 e. The summed E-state index contributed by atoms with van der Waals surface area (Å²) < 4.78 is 0. The van der Waals surface area contributed by atoms with E-state index in [0.717, 1.165) is 196 Å². The molecular weight excluding hydrogens is 1170 g/mol. The van der Waals surface area contributed by atoms with Crippen molar-refractivity contribution in [1.82, 2.24) is 19.6 Å². The highest BCUT2D eigenvalue weighted by atomic mass is 32.2. The van der Waals surface area contributed by atoms with Gasteiger partial charge < -0.3 is 0 Å². The average Bonchev–Trinajstić information content (AvgIpc) is 0.696. The molecular formula is C88H148B2N4S. The molecule has 0 radical (unpaired) electrons. The molecule has 0 spiro atoms. The van der Waals surface area contributed by atoms with Crippen molar-refractivity contribution in [3.63, 3.8) is 0 Å². The minimum absolute atomic E-state index is 0.388. The smallest absolute Gasteiger partial charge is 0.156 e. The molecule has 0 aromatic rings. The molecule has 0 aromatic carbocycles. The number of thioether (sulfide) groups is 1. The lowest BCUT2D eigenvalue weighted by molar-refractivity contribution is -0.154. The number of nitrogens with zero attached hydrogens (tertiary/aromatic N) is 4. The molecule has 4 saturated heterocycles. The van der Waals surface area contributed by atoms with Gasteiger partial charge in [0.2, 0.25) is 0 Å². The first-order valence-corrected chi connectivity index (χ1v) is 45.7. The lowest BCUT2D eigenvalue weighted by atomic mass is 9.15. The fraction of sp³-hybridized carbons (Fsp3) is 1.00. The van der Waals surface area contributed by atoms with Crippen molar-refractivity contribution >= 4 is 25.2 Å². The van der Waals surface area contributed by atoms with Crippen molar-refractivity contribution in [2.45, 2.75) is 469 Å². The van der Waals surface area contributed by atoms with Crippen LogP contribution in [0.2, 0.25) is 34.9 Å². The fourth-order valence-corrected chi connectivity index (χ4v) is 35.1. The zero-order valence-corrected chi connectivity index (χ0v) is 64.4. The summed E-state index contributed by atoms with van der Waals surface area (Å²) in [6.07, 6.45) is 69.6. The summed E-state index contributed by atoms with van der Waals surface area (Å²) in [4.78, 5) is 14.4. The maximum Gasteiger partial charge on any atom is 0.156 e. The highest BCUT2D eigenvalue weighted by Gasteiger charge is 2.71. The minimum atomic E-state index is 0.388. The molecule has 7 heteroatoms. The highest BCUT2D eigenvalue weighted by molar-refractivity contribution is 8.00. The molecule has 26 atom stereocenters. The van der Waals surface area contributed by atoms with Gasteiger partial charge in [0.25, 0.3) is 0 Å². The SMILES string of the molecule is CC(C)(C)C1CC2CC[C@@H]3C[C@H](C(C)(C)C)C[C@@H]4CC([C@H]5CC[C@H]6B7[C@H]8C(CC(N(C9CCCCC9)C9CCCCC9)CC8N(C8CCCCC8)C6C5)SC5CC6[C@@H](C[C@H]75)B5C7CCCC[C@H]7N(C7CCCCC7)[C@H]7C[C@@H](C(C)(C)C)CC(C57)N6C5CCCCC5)C(C1)C2[C@H]34. The fourth-order valence-electron chi connectivity index (χ4n) is 33.0. The first kappa shape index (κ1) is 67.2. The van der Waals surface area contributed by atoms with Gasteiger partial charge in [-0.1, -0.05) is 197 Å². The van der Waals surface area contributed by atoms with Gasteiger partial charge in [-0.2, -0.15) is 11.8 Å². The zero-order valence-electron chi connectivity index (χ0n) is 63.6. The Morgan fingerprint density at radius 3 is 1.32 bits per heavy atom. The summed E-state index contributed by atoms with van der Waals surface area (Å²) >= 11 is 2.83. The zero-order chi connectivity index (χ0) is 64.4. The second-order valence-corrected chi connectivity index (χ2v) is 44.9. The first-order valence-electron chi connectivity index (χ1n) is 44.8. The van der Waals surface area contributed by atoms with Crippen LogP contribution in [0.3, 0.4) is 0 Å². The van der Waals surface area contributed by atoms with E-state index in [1.807, 2.05) is 0 Å². The van der Waals surface area contributed by atoms with Crippen LogP contribution in [0.4, 0.5) is 0 Å². The van der Waals surface area contributed by atoms with Crippen LogP contribution in [-0.4, -0.2) is 116 Å². The van der Waals surface area contributed by atoms with E-state index in [1.54, 1.807) is 109 Å². The molecule has 0 amide bonds. The molecule has 18 aliphatic rings. The van der Waals surface area contributed by atoms with Crippen molar-refractivity contribution in [2.24, 2.45) is 81.3 Å². The number of hydrogen-bond donors (Lipinski definition) is 0. The van der Waals surface area contributed by atoms with Crippen LogP contribution in [0, 0.1) is 81.3 Å². The number of rotatable bonds is 7. The third kappa shape index (κ3) is 12.0. The van der Waals surface area contributed by atoms with E-state index in [0.29, 0.717) is 16.2 Å². The van der Waals surface area contributed by atoms with Gasteiger partial charge in [0.1, 0.15) is 0 Å². The van der Waals surface area contributed by atoms with Crippen LogP contribution in [-0.2, 0) is 0 Å². The molecule has 532 valence electrons. The van der Waals surface area contributed by atoms with E-state index >= 15 is 0 Å². The van der Waals surface area contributed by atoms with Gasteiger partial charge in [0.05, 0.1) is 0 Å². The monoisotopic (exact) mass is 1320 g/mol. The summed E-state index contributed by atoms with van der Waals surface area (Å²) in [7, 11) is 0. The van der Waals surface area contributed by atoms with Gasteiger partial charge in [-0.3, -0.25) is 19.6 Å². The van der Waals surface area contributed by atoms with E-state index in [9.17, 15) is 0 Å². The Morgan fingerprint density at radius 1 is 0.284 bits per heavy atom. The van der Waals surface area contributed by atoms with E-state index in [-0.39, 0.29) is 0 Å². The third-order valence-corrected chi connectivity index (χ3v) is 38.4. The van der Waals surface area contributed by atoms with Crippen molar-refractivity contribution in [2.75, 3.05) is 0 Å². The normalized spacial score (nSPS) is 48.6. The predicted molar refractivity (Wildman–Crippen MR) is 407 cm³/mol. The highest BCUT2D eigenvalue weighted by Crippen LogP contribution is 2.73. The molecule has 0 N–H and O–H groups in total. The topological polar surface area (TPSA) is 13.0 Å². The van der Waals surface area contributed by atoms with Crippen LogP contribution in [0.5, 0.6) is 0 Å². The molecule has 18 fully saturated rings. The standard InChI is InChI=1S/C88H148B2N4S/c1-86(2,3)59-43-56-39-40-57-44-60(87(4,5)6)48-69-68(46-58(45-59)82(56)83(57)69)55-41-42-71-75(47-55)93(65-33-21-13-22-34-65)79-51-67(91(62-27-15-10-16-28-62)63-29-17-11-18-30-63)52-81-85(79)90(71)73-53-72-76(54-80(73)95-81)94(66-35-23-14-24-36-66)78-50-61(88(7,8)9)49-77-84(78)89(72)70-37-25-26-38-74(70)92(77)64-31-19-12-20-32-64/h55-85H,10-54H2,1-9H3/t55-,56+,57?,58+,59-,60?,61+,67?,68?,69?,70?,71+,72+,73-,74+,75?,76?,77-,78?,79?,80?,81?,82+,83?,84?,85+/m0/s1. The van der Waals surface area contributed by atoms with Crippen molar-refractivity contribution < 1.29 is 0 Å². The molecule has 14 saturated carbocycles. The van der Waals surface area contributed by atoms with Crippen LogP contribution in [0.15, 0.2) is 0 Å². The molecule has 14 unspecified atom stereocenters. The second kappa shape index (κ2) is 26.7. The lowest BCUT2D eigenvalue weighted by Gasteiger charge is -2.72. The molecule has 4 aliphatic heterocycles. The van der Waals surface area contributed by atoms with Crippen LogP contribution >= 0.6 is 11.8 Å². The van der Waals surface area contributed by atoms with E-state index in [4.69, 9.17) is 0 Å². The predicted octanol–water partition coefficient (Wildman–Crippen LogP) is 23.0. The van der Waals surface area contributed by atoms with Crippen LogP contribution in [0.25, 0.3) is 0 Å². The molecule has 95 heavy (non-hydrogen) atoms. The maximum atomic E-state index is 3.73. The quantitative estimate of drug-likeness (QED) is 0.235. The van der Waals surface area contributed by atoms with Crippen LogP contribution in [0.1, 0.15) is 351 Å². The van der Waals surface area contributed by atoms with Gasteiger partial charge in [0, 0.05) is 83.0 Å². The second-order valence-electron chi connectivity index (χ2n) is 43.5. The molecule has 4 heterocycles. The maximum absolute atomic E-state index is 3.73. The number of fused-ring (bicyclic) bond motifs is 8. The van der Waals surface area contributed by atoms with Crippen molar-refractivity contribution in [3.8, 4) is 0 Å². The summed E-state index contributed by atoms with van der Waals surface area (Å²) in [5.41, 5.74) is 1.28.